The summed E-state index contributed by atoms with van der Waals surface area (Å²) < 4.78 is 10.1. The zero-order valence-corrected chi connectivity index (χ0v) is 10.0. The maximum Gasteiger partial charge on any atom is 0.307 e. The van der Waals surface area contributed by atoms with E-state index in [-0.39, 0.29) is 28.9 Å². The summed E-state index contributed by atoms with van der Waals surface area (Å²) in [5.41, 5.74) is -0.596. The molecule has 0 radical (unpaired) electrons. The molecule has 2 aliphatic rings. The molecule has 1 saturated carbocycles. The molecule has 0 bridgehead atoms. The van der Waals surface area contributed by atoms with Crippen molar-refractivity contribution >= 4 is 11.9 Å². The van der Waals surface area contributed by atoms with Gasteiger partial charge in [0.05, 0.1) is 13.5 Å². The van der Waals surface area contributed by atoms with Crippen molar-refractivity contribution in [2.24, 2.45) is 11.3 Å². The Kier molecular flexibility index (Phi) is 2.48. The molecule has 1 heterocycles. The van der Waals surface area contributed by atoms with Crippen molar-refractivity contribution in [1.29, 1.82) is 0 Å². The smallest absolute Gasteiger partial charge is 0.307 e. The highest BCUT2D eigenvalue weighted by Gasteiger charge is 2.62. The summed E-state index contributed by atoms with van der Waals surface area (Å²) in [5.74, 6) is -0.147. The van der Waals surface area contributed by atoms with Crippen molar-refractivity contribution in [3.63, 3.8) is 0 Å². The number of hydrogen-bond donors (Lipinski definition) is 0. The Hall–Kier alpha value is -1.06. The number of esters is 2. The molecular formula is C12H18O4. The lowest BCUT2D eigenvalue weighted by Crippen LogP contribution is -2.39. The van der Waals surface area contributed by atoms with Gasteiger partial charge >= 0.3 is 11.9 Å². The van der Waals surface area contributed by atoms with Gasteiger partial charge in [-0.05, 0) is 25.7 Å². The second-order valence-corrected chi connectivity index (χ2v) is 5.32. The highest BCUT2D eigenvalue weighted by Crippen LogP contribution is 2.59. The zero-order chi connectivity index (χ0) is 12.0. The van der Waals surface area contributed by atoms with Crippen LogP contribution in [0.25, 0.3) is 0 Å². The van der Waals surface area contributed by atoms with E-state index in [1.807, 2.05) is 6.92 Å². The number of carbonyl (C=O) groups is 2. The molecule has 0 aromatic carbocycles. The van der Waals surface area contributed by atoms with Crippen LogP contribution < -0.4 is 0 Å². The number of ether oxygens (including phenoxy) is 2. The molecule has 90 valence electrons. The minimum Gasteiger partial charge on any atom is -0.469 e. The predicted octanol–water partition coefficient (Wildman–Crippen LogP) is 1.67. The molecule has 0 aromatic heterocycles. The van der Waals surface area contributed by atoms with Crippen LogP contribution in [0.15, 0.2) is 0 Å². The lowest BCUT2D eigenvalue weighted by Gasteiger charge is -2.35. The molecule has 2 rings (SSSR count). The third kappa shape index (κ3) is 1.43. The third-order valence-electron chi connectivity index (χ3n) is 4.57. The fourth-order valence-corrected chi connectivity index (χ4v) is 3.18. The molecule has 16 heavy (non-hydrogen) atoms. The molecule has 0 N–H and O–H groups in total. The molecule has 2 fully saturated rings. The summed E-state index contributed by atoms with van der Waals surface area (Å²) in [6.45, 7) is 4.04. The Morgan fingerprint density at radius 1 is 1.56 bits per heavy atom. The van der Waals surface area contributed by atoms with Crippen molar-refractivity contribution in [2.45, 2.75) is 45.1 Å². The first-order valence-electron chi connectivity index (χ1n) is 5.70. The number of carbonyl (C=O) groups excluding carboxylic acids is 2. The molecule has 1 aliphatic carbocycles. The quantitative estimate of drug-likeness (QED) is 0.672. The first-order valence-corrected chi connectivity index (χ1v) is 5.70. The maximum atomic E-state index is 11.4. The molecular weight excluding hydrogens is 208 g/mol. The fraction of sp³-hybridized carbons (Fsp3) is 0.833. The molecule has 3 atom stereocenters. The topological polar surface area (TPSA) is 52.6 Å². The van der Waals surface area contributed by atoms with E-state index < -0.39 is 0 Å². The van der Waals surface area contributed by atoms with Crippen LogP contribution in [0.1, 0.15) is 39.5 Å². The Morgan fingerprint density at radius 2 is 2.25 bits per heavy atom. The van der Waals surface area contributed by atoms with Gasteiger partial charge in [-0.2, -0.15) is 0 Å². The van der Waals surface area contributed by atoms with E-state index in [4.69, 9.17) is 9.47 Å². The second-order valence-electron chi connectivity index (χ2n) is 5.32. The van der Waals surface area contributed by atoms with Crippen molar-refractivity contribution in [2.75, 3.05) is 7.11 Å². The molecule has 0 spiro atoms. The Labute approximate surface area is 95.3 Å². The van der Waals surface area contributed by atoms with Crippen molar-refractivity contribution in [3.8, 4) is 0 Å². The van der Waals surface area contributed by atoms with E-state index in [0.717, 1.165) is 12.8 Å². The van der Waals surface area contributed by atoms with E-state index in [2.05, 4.69) is 6.92 Å². The zero-order valence-electron chi connectivity index (χ0n) is 10.0. The number of rotatable bonds is 2. The summed E-state index contributed by atoms with van der Waals surface area (Å²) in [5, 5.41) is 0. The van der Waals surface area contributed by atoms with Crippen LogP contribution in [0.3, 0.4) is 0 Å². The Balaban J connectivity index is 2.19. The first-order chi connectivity index (χ1) is 7.41. The van der Waals surface area contributed by atoms with Crippen LogP contribution in [0.5, 0.6) is 0 Å². The van der Waals surface area contributed by atoms with Crippen LogP contribution in [0, 0.1) is 11.3 Å². The van der Waals surface area contributed by atoms with E-state index in [1.165, 1.54) is 7.11 Å². The summed E-state index contributed by atoms with van der Waals surface area (Å²) in [6, 6.07) is 0. The summed E-state index contributed by atoms with van der Waals surface area (Å²) >= 11 is 0. The number of methoxy groups -OCH3 is 1. The molecule has 0 unspecified atom stereocenters. The van der Waals surface area contributed by atoms with Crippen molar-refractivity contribution in [3.05, 3.63) is 0 Å². The fourth-order valence-electron chi connectivity index (χ4n) is 3.18. The summed E-state index contributed by atoms with van der Waals surface area (Å²) in [4.78, 5) is 22.8. The normalized spacial score (nSPS) is 41.7. The lowest BCUT2D eigenvalue weighted by molar-refractivity contribution is -0.148. The lowest BCUT2D eigenvalue weighted by atomic mass is 9.70. The van der Waals surface area contributed by atoms with Crippen LogP contribution in [0.4, 0.5) is 0 Å². The summed E-state index contributed by atoms with van der Waals surface area (Å²) in [7, 11) is 1.40. The highest BCUT2D eigenvalue weighted by molar-refractivity contribution is 5.75. The van der Waals surface area contributed by atoms with Gasteiger partial charge in [0.2, 0.25) is 0 Å². The minimum absolute atomic E-state index is 0.139. The van der Waals surface area contributed by atoms with Crippen molar-refractivity contribution in [1.82, 2.24) is 0 Å². The van der Waals surface area contributed by atoms with Crippen molar-refractivity contribution < 1.29 is 19.1 Å². The van der Waals surface area contributed by atoms with Gasteiger partial charge in [-0.1, -0.05) is 6.92 Å². The van der Waals surface area contributed by atoms with Gasteiger partial charge in [-0.15, -0.1) is 0 Å². The summed E-state index contributed by atoms with van der Waals surface area (Å²) in [6.07, 6.45) is 2.58. The van der Waals surface area contributed by atoms with Gasteiger partial charge in [-0.3, -0.25) is 9.59 Å². The molecule has 4 heteroatoms. The van der Waals surface area contributed by atoms with Gasteiger partial charge in [0.1, 0.15) is 5.60 Å². The predicted molar refractivity (Wildman–Crippen MR) is 56.6 cm³/mol. The first kappa shape index (κ1) is 11.4. The Bertz CT molecular complexity index is 338. The van der Waals surface area contributed by atoms with Gasteiger partial charge in [0, 0.05) is 11.8 Å². The number of fused-ring (bicyclic) bond motifs is 1. The van der Waals surface area contributed by atoms with Gasteiger partial charge < -0.3 is 9.47 Å². The third-order valence-corrected chi connectivity index (χ3v) is 4.57. The molecule has 1 saturated heterocycles. The SMILES string of the molecule is COC(=O)C[C@@H]1CC[C@]2(C)OC(=O)C[C@@]12C. The van der Waals surface area contributed by atoms with Crippen LogP contribution in [-0.2, 0) is 19.1 Å². The average molecular weight is 226 g/mol. The van der Waals surface area contributed by atoms with E-state index >= 15 is 0 Å². The number of hydrogen-bond acceptors (Lipinski definition) is 4. The van der Waals surface area contributed by atoms with Crippen LogP contribution in [0.2, 0.25) is 0 Å². The van der Waals surface area contributed by atoms with Gasteiger partial charge in [0.25, 0.3) is 0 Å². The highest BCUT2D eigenvalue weighted by atomic mass is 16.6. The molecule has 1 aliphatic heterocycles. The Morgan fingerprint density at radius 3 is 2.88 bits per heavy atom. The largest absolute Gasteiger partial charge is 0.469 e. The van der Waals surface area contributed by atoms with E-state index in [0.29, 0.717) is 12.8 Å². The van der Waals surface area contributed by atoms with E-state index in [9.17, 15) is 9.59 Å². The minimum atomic E-state index is -0.386. The molecule has 0 amide bonds. The van der Waals surface area contributed by atoms with Gasteiger partial charge in [0.15, 0.2) is 0 Å². The van der Waals surface area contributed by atoms with E-state index in [1.54, 1.807) is 0 Å². The van der Waals surface area contributed by atoms with Gasteiger partial charge in [-0.25, -0.2) is 0 Å². The average Bonchev–Trinajstić information content (AvgIpc) is 2.55. The van der Waals surface area contributed by atoms with Crippen LogP contribution in [-0.4, -0.2) is 24.6 Å². The maximum absolute atomic E-state index is 11.4. The molecule has 0 aromatic rings. The monoisotopic (exact) mass is 226 g/mol. The standard InChI is InChI=1S/C12H18O4/c1-11-7-10(14)16-12(11,2)5-4-8(11)6-9(13)15-3/h8H,4-7H2,1-3H3/t8-,11-,12-/m0/s1. The second kappa shape index (κ2) is 3.47. The van der Waals surface area contributed by atoms with Crippen LogP contribution >= 0.6 is 0 Å². The molecule has 4 nitrogen and oxygen atoms in total.